The lowest BCUT2D eigenvalue weighted by atomic mass is 9.89. The molecule has 4 rings (SSSR count). The number of benzene rings is 2. The number of phenolic OH excluding ortho intramolecular Hbond substituents is 1. The van der Waals surface area contributed by atoms with Crippen LogP contribution >= 0.6 is 12.4 Å². The Labute approximate surface area is 158 Å². The zero-order valence-corrected chi connectivity index (χ0v) is 15.1. The minimum atomic E-state index is -0.688. The minimum Gasteiger partial charge on any atom is -0.505 e. The van der Waals surface area contributed by atoms with E-state index in [0.29, 0.717) is 17.4 Å². The molecule has 0 bridgehead atoms. The molecule has 6 heteroatoms. The third-order valence-corrected chi connectivity index (χ3v) is 5.39. The summed E-state index contributed by atoms with van der Waals surface area (Å²) in [6.45, 7) is 2.59. The molecule has 4 nitrogen and oxygen atoms in total. The predicted octanol–water partition coefficient (Wildman–Crippen LogP) is 2.91. The Morgan fingerprint density at radius 3 is 2.69 bits per heavy atom. The van der Waals surface area contributed by atoms with Crippen LogP contribution in [0.2, 0.25) is 0 Å². The fourth-order valence-corrected chi connectivity index (χ4v) is 4.19. The maximum absolute atomic E-state index is 13.6. The number of nitrogens with one attached hydrogen (secondary N) is 1. The molecule has 0 saturated carbocycles. The van der Waals surface area contributed by atoms with Gasteiger partial charge in [-0.1, -0.05) is 36.4 Å². The summed E-state index contributed by atoms with van der Waals surface area (Å²) in [5, 5.41) is 12.7. The van der Waals surface area contributed by atoms with Gasteiger partial charge in [-0.25, -0.2) is 4.39 Å². The van der Waals surface area contributed by atoms with Gasteiger partial charge in [-0.15, -0.1) is 12.4 Å². The molecule has 138 valence electrons. The van der Waals surface area contributed by atoms with Crippen LogP contribution in [0.15, 0.2) is 48.5 Å². The second kappa shape index (κ2) is 7.64. The molecule has 0 aromatic heterocycles. The molecule has 2 fully saturated rings. The van der Waals surface area contributed by atoms with Crippen molar-refractivity contribution in [2.24, 2.45) is 11.8 Å². The van der Waals surface area contributed by atoms with Crippen LogP contribution < -0.4 is 5.32 Å². The molecule has 1 amide bonds. The molecule has 2 N–H and O–H groups in total. The van der Waals surface area contributed by atoms with Gasteiger partial charge in [0.2, 0.25) is 5.91 Å². The van der Waals surface area contributed by atoms with E-state index in [4.69, 9.17) is 0 Å². The van der Waals surface area contributed by atoms with Crippen LogP contribution in [0.4, 0.5) is 4.39 Å². The van der Waals surface area contributed by atoms with E-state index < -0.39 is 5.82 Å². The van der Waals surface area contributed by atoms with Gasteiger partial charge in [-0.2, -0.15) is 0 Å². The van der Waals surface area contributed by atoms with Crippen molar-refractivity contribution in [3.8, 4) is 5.75 Å². The van der Waals surface area contributed by atoms with Gasteiger partial charge in [-0.05, 0) is 29.2 Å². The molecule has 26 heavy (non-hydrogen) atoms. The number of carbonyl (C=O) groups is 1. The van der Waals surface area contributed by atoms with E-state index >= 15 is 0 Å². The van der Waals surface area contributed by atoms with E-state index in [1.54, 1.807) is 6.07 Å². The van der Waals surface area contributed by atoms with Crippen molar-refractivity contribution in [1.82, 2.24) is 10.2 Å². The zero-order chi connectivity index (χ0) is 17.4. The molecule has 2 aliphatic rings. The Morgan fingerprint density at radius 2 is 1.96 bits per heavy atom. The highest BCUT2D eigenvalue weighted by atomic mass is 35.5. The summed E-state index contributed by atoms with van der Waals surface area (Å²) >= 11 is 0. The average molecular weight is 377 g/mol. The lowest BCUT2D eigenvalue weighted by Crippen LogP contribution is -2.35. The molecule has 2 saturated heterocycles. The quantitative estimate of drug-likeness (QED) is 0.866. The van der Waals surface area contributed by atoms with Gasteiger partial charge < -0.3 is 15.3 Å². The molecule has 3 atom stereocenters. The Kier molecular flexibility index (Phi) is 5.49. The minimum absolute atomic E-state index is 0. The number of rotatable bonds is 3. The van der Waals surface area contributed by atoms with Crippen LogP contribution in [0.5, 0.6) is 5.75 Å². The largest absolute Gasteiger partial charge is 0.505 e. The number of halogens is 2. The van der Waals surface area contributed by atoms with Gasteiger partial charge in [-0.3, -0.25) is 4.79 Å². The summed E-state index contributed by atoms with van der Waals surface area (Å²) in [5.74, 6) is -0.186. The van der Waals surface area contributed by atoms with Gasteiger partial charge in [0.25, 0.3) is 0 Å². The lowest BCUT2D eigenvalue weighted by Gasteiger charge is -2.28. The van der Waals surface area contributed by atoms with Crippen LogP contribution in [0, 0.1) is 17.7 Å². The topological polar surface area (TPSA) is 52.6 Å². The number of nitrogens with zero attached hydrogens (tertiary/aromatic N) is 1. The highest BCUT2D eigenvalue weighted by molar-refractivity contribution is 5.85. The number of carbonyl (C=O) groups excluding carboxylic acids is 1. The molecule has 0 unspecified atom stereocenters. The van der Waals surface area contributed by atoms with E-state index in [-0.39, 0.29) is 36.5 Å². The van der Waals surface area contributed by atoms with Crippen molar-refractivity contribution in [1.29, 1.82) is 0 Å². The van der Waals surface area contributed by atoms with Crippen LogP contribution in [0.1, 0.15) is 17.2 Å². The summed E-state index contributed by atoms with van der Waals surface area (Å²) < 4.78 is 13.6. The third kappa shape index (κ3) is 3.41. The fraction of sp³-hybridized carbons (Fsp3) is 0.350. The molecule has 2 heterocycles. The number of likely N-dealkylation sites (tertiary alicyclic amines) is 1. The number of fused-ring (bicyclic) bond motifs is 1. The highest BCUT2D eigenvalue weighted by Crippen LogP contribution is 2.42. The van der Waals surface area contributed by atoms with Crippen molar-refractivity contribution in [3.63, 3.8) is 0 Å². The maximum atomic E-state index is 13.6. The van der Waals surface area contributed by atoms with Gasteiger partial charge in [0.05, 0.1) is 12.5 Å². The predicted molar refractivity (Wildman–Crippen MR) is 99.8 cm³/mol. The maximum Gasteiger partial charge on any atom is 0.227 e. The van der Waals surface area contributed by atoms with Gasteiger partial charge >= 0.3 is 0 Å². The molecular formula is C20H22ClFN2O2. The number of hydrogen-bond donors (Lipinski definition) is 2. The van der Waals surface area contributed by atoms with E-state index in [1.165, 1.54) is 12.1 Å². The van der Waals surface area contributed by atoms with Crippen molar-refractivity contribution in [2.45, 2.75) is 12.5 Å². The molecule has 2 aromatic carbocycles. The Morgan fingerprint density at radius 1 is 1.19 bits per heavy atom. The van der Waals surface area contributed by atoms with Crippen LogP contribution in [-0.2, 0) is 11.2 Å². The molecule has 0 aliphatic carbocycles. The smallest absolute Gasteiger partial charge is 0.227 e. The molecule has 2 aliphatic heterocycles. The molecule has 2 aromatic rings. The van der Waals surface area contributed by atoms with E-state index in [0.717, 1.165) is 25.2 Å². The summed E-state index contributed by atoms with van der Waals surface area (Å²) in [7, 11) is 0. The fourth-order valence-electron chi connectivity index (χ4n) is 4.19. The monoisotopic (exact) mass is 376 g/mol. The first kappa shape index (κ1) is 18.7. The summed E-state index contributed by atoms with van der Waals surface area (Å²) in [6, 6.07) is 14.3. The van der Waals surface area contributed by atoms with Gasteiger partial charge in [0, 0.05) is 25.6 Å². The third-order valence-electron chi connectivity index (χ3n) is 5.39. The first-order valence-corrected chi connectivity index (χ1v) is 8.66. The van der Waals surface area contributed by atoms with Crippen molar-refractivity contribution in [2.75, 3.05) is 19.6 Å². The van der Waals surface area contributed by atoms with Gasteiger partial charge in [0.15, 0.2) is 11.6 Å². The molecule has 0 spiro atoms. The van der Waals surface area contributed by atoms with Gasteiger partial charge in [0.1, 0.15) is 0 Å². The second-order valence-corrected chi connectivity index (χ2v) is 6.95. The number of phenols is 1. The van der Waals surface area contributed by atoms with Crippen molar-refractivity contribution >= 4 is 18.3 Å². The molecular weight excluding hydrogens is 355 g/mol. The van der Waals surface area contributed by atoms with Crippen LogP contribution in [0.25, 0.3) is 0 Å². The first-order valence-electron chi connectivity index (χ1n) is 8.66. The van der Waals surface area contributed by atoms with Crippen LogP contribution in [-0.4, -0.2) is 35.5 Å². The first-order chi connectivity index (χ1) is 12.1. The Balaban J connectivity index is 0.00000196. The van der Waals surface area contributed by atoms with Crippen molar-refractivity contribution in [3.05, 3.63) is 65.5 Å². The highest BCUT2D eigenvalue weighted by Gasteiger charge is 2.46. The van der Waals surface area contributed by atoms with E-state index in [2.05, 4.69) is 17.4 Å². The Bertz CT molecular complexity index is 787. The Hall–Kier alpha value is -2.11. The van der Waals surface area contributed by atoms with Crippen LogP contribution in [0.3, 0.4) is 0 Å². The summed E-state index contributed by atoms with van der Waals surface area (Å²) in [6.07, 6.45) is 0.146. The normalized spacial score (nSPS) is 24.2. The summed E-state index contributed by atoms with van der Waals surface area (Å²) in [4.78, 5) is 14.9. The lowest BCUT2D eigenvalue weighted by molar-refractivity contribution is -0.131. The second-order valence-electron chi connectivity index (χ2n) is 6.95. The number of hydrogen-bond acceptors (Lipinski definition) is 3. The average Bonchev–Trinajstić information content (AvgIpc) is 3.19. The summed E-state index contributed by atoms with van der Waals surface area (Å²) in [5.41, 5.74) is 1.74. The van der Waals surface area contributed by atoms with Crippen molar-refractivity contribution < 1.29 is 14.3 Å². The SMILES string of the molecule is Cl.O=C(Cc1ccc(O)c(F)c1)N1C[C@@H]2CNC[C@@H]2[C@@H]1c1ccccc1. The zero-order valence-electron chi connectivity index (χ0n) is 14.3. The number of aromatic hydroxyl groups is 1. The standard InChI is InChI=1S/C20H21FN2O2.ClH/c21-17-8-13(6-7-18(17)24)9-19(25)23-12-15-10-22-11-16(15)20(23)14-4-2-1-3-5-14;/h1-8,15-16,20,22,24H,9-12H2;1H/t15-,16-,20-;/m0./s1. The number of amides is 1. The van der Waals surface area contributed by atoms with E-state index in [9.17, 15) is 14.3 Å². The van der Waals surface area contributed by atoms with E-state index in [1.807, 2.05) is 23.1 Å². The molecule has 0 radical (unpaired) electrons.